The summed E-state index contributed by atoms with van der Waals surface area (Å²) in [5.41, 5.74) is 3.60. The zero-order valence-corrected chi connectivity index (χ0v) is 8.94. The van der Waals surface area contributed by atoms with Crippen LogP contribution in [-0.2, 0) is 11.3 Å². The van der Waals surface area contributed by atoms with E-state index in [1.807, 2.05) is 12.1 Å². The number of anilines is 1. The Balaban J connectivity index is 1.99. The maximum atomic E-state index is 11.2. The molecule has 0 aromatic carbocycles. The van der Waals surface area contributed by atoms with Crippen LogP contribution in [0.15, 0.2) is 18.3 Å². The van der Waals surface area contributed by atoms with Crippen LogP contribution in [0.2, 0.25) is 0 Å². The maximum Gasteiger partial charge on any atom is 0.234 e. The van der Waals surface area contributed by atoms with E-state index >= 15 is 0 Å². The van der Waals surface area contributed by atoms with Gasteiger partial charge in [0.15, 0.2) is 0 Å². The number of nitrogen functional groups attached to an aromatic ring is 1. The zero-order chi connectivity index (χ0) is 11.4. The molecule has 0 spiro atoms. The second-order valence-electron chi connectivity index (χ2n) is 3.75. The van der Waals surface area contributed by atoms with Crippen molar-refractivity contribution in [2.45, 2.75) is 6.54 Å². The summed E-state index contributed by atoms with van der Waals surface area (Å²) in [6.45, 7) is 2.78. The largest absolute Gasteiger partial charge is 0.354 e. The minimum absolute atomic E-state index is 0.0810. The Kier molecular flexibility index (Phi) is 3.33. The molecule has 0 bridgehead atoms. The van der Waals surface area contributed by atoms with Gasteiger partial charge < -0.3 is 10.7 Å². The quantitative estimate of drug-likeness (QED) is 0.464. The fourth-order valence-electron chi connectivity index (χ4n) is 1.74. The number of piperazine rings is 1. The topological polar surface area (TPSA) is 83.3 Å². The average Bonchev–Trinajstić information content (AvgIpc) is 2.29. The number of hydrogen-bond acceptors (Lipinski definition) is 5. The number of nitrogens with one attached hydrogen (secondary N) is 2. The highest BCUT2D eigenvalue weighted by molar-refractivity contribution is 5.78. The van der Waals surface area contributed by atoms with E-state index in [0.29, 0.717) is 18.9 Å². The van der Waals surface area contributed by atoms with Crippen molar-refractivity contribution in [3.8, 4) is 0 Å². The van der Waals surface area contributed by atoms with Crippen molar-refractivity contribution in [1.82, 2.24) is 15.2 Å². The van der Waals surface area contributed by atoms with Gasteiger partial charge in [0.05, 0.1) is 6.54 Å². The van der Waals surface area contributed by atoms with Crippen molar-refractivity contribution in [1.29, 1.82) is 0 Å². The van der Waals surface area contributed by atoms with Crippen LogP contribution in [0.3, 0.4) is 0 Å². The fourth-order valence-corrected chi connectivity index (χ4v) is 1.74. The van der Waals surface area contributed by atoms with Crippen molar-refractivity contribution in [3.05, 3.63) is 23.9 Å². The Morgan fingerprint density at radius 2 is 2.50 bits per heavy atom. The lowest BCUT2D eigenvalue weighted by atomic mass is 10.2. The van der Waals surface area contributed by atoms with Crippen LogP contribution in [0.25, 0.3) is 0 Å². The van der Waals surface area contributed by atoms with E-state index in [0.717, 1.165) is 18.7 Å². The number of hydrogen-bond donors (Lipinski definition) is 3. The van der Waals surface area contributed by atoms with E-state index in [9.17, 15) is 4.79 Å². The molecule has 1 aliphatic rings. The van der Waals surface area contributed by atoms with E-state index in [4.69, 9.17) is 5.84 Å². The third kappa shape index (κ3) is 2.68. The van der Waals surface area contributed by atoms with Crippen molar-refractivity contribution < 1.29 is 4.79 Å². The summed E-state index contributed by atoms with van der Waals surface area (Å²) in [6, 6.07) is 3.81. The van der Waals surface area contributed by atoms with E-state index in [2.05, 4.69) is 20.6 Å². The van der Waals surface area contributed by atoms with Crippen molar-refractivity contribution >= 4 is 11.7 Å². The molecular formula is C10H15N5O. The summed E-state index contributed by atoms with van der Waals surface area (Å²) in [4.78, 5) is 17.3. The molecule has 0 aliphatic carbocycles. The van der Waals surface area contributed by atoms with Crippen molar-refractivity contribution in [2.24, 2.45) is 5.84 Å². The molecule has 1 saturated heterocycles. The van der Waals surface area contributed by atoms with Crippen LogP contribution in [-0.4, -0.2) is 35.4 Å². The number of aromatic nitrogens is 1. The fraction of sp³-hybridized carbons (Fsp3) is 0.400. The van der Waals surface area contributed by atoms with Crippen LogP contribution in [0.5, 0.6) is 0 Å². The number of carbonyl (C=O) groups excluding carboxylic acids is 1. The van der Waals surface area contributed by atoms with Gasteiger partial charge in [-0.3, -0.25) is 9.69 Å². The molecule has 1 amide bonds. The predicted molar refractivity (Wildman–Crippen MR) is 60.3 cm³/mol. The number of rotatable bonds is 3. The monoisotopic (exact) mass is 221 g/mol. The average molecular weight is 221 g/mol. The number of pyridine rings is 1. The van der Waals surface area contributed by atoms with E-state index in [1.165, 1.54) is 0 Å². The third-order valence-corrected chi connectivity index (χ3v) is 2.50. The first-order valence-electron chi connectivity index (χ1n) is 5.18. The first-order valence-corrected chi connectivity index (χ1v) is 5.18. The molecule has 4 N–H and O–H groups in total. The van der Waals surface area contributed by atoms with Gasteiger partial charge in [0.25, 0.3) is 0 Å². The SMILES string of the molecule is NNc1cc(CN2CCNC(=O)C2)ccn1. The van der Waals surface area contributed by atoms with Crippen molar-refractivity contribution in [3.63, 3.8) is 0 Å². The Bertz CT molecular complexity index is 381. The van der Waals surface area contributed by atoms with Crippen LogP contribution in [0.4, 0.5) is 5.82 Å². The summed E-state index contributed by atoms with van der Waals surface area (Å²) >= 11 is 0. The number of hydrazine groups is 1. The molecule has 2 heterocycles. The summed E-state index contributed by atoms with van der Waals surface area (Å²) in [7, 11) is 0. The lowest BCUT2D eigenvalue weighted by molar-refractivity contribution is -0.124. The molecule has 6 heteroatoms. The second kappa shape index (κ2) is 4.91. The first kappa shape index (κ1) is 10.8. The molecule has 0 unspecified atom stereocenters. The molecule has 6 nitrogen and oxygen atoms in total. The van der Waals surface area contributed by atoms with Gasteiger partial charge in [-0.15, -0.1) is 0 Å². The molecule has 1 aromatic heterocycles. The normalized spacial score (nSPS) is 16.9. The summed E-state index contributed by atoms with van der Waals surface area (Å²) in [5, 5.41) is 2.80. The molecule has 86 valence electrons. The highest BCUT2D eigenvalue weighted by Crippen LogP contribution is 2.09. The highest BCUT2D eigenvalue weighted by atomic mass is 16.2. The first-order chi connectivity index (χ1) is 7.78. The maximum absolute atomic E-state index is 11.2. The molecule has 16 heavy (non-hydrogen) atoms. The number of nitrogens with zero attached hydrogens (tertiary/aromatic N) is 2. The van der Waals surface area contributed by atoms with Gasteiger partial charge in [-0.2, -0.15) is 0 Å². The van der Waals surface area contributed by atoms with Gasteiger partial charge in [0.1, 0.15) is 5.82 Å². The summed E-state index contributed by atoms with van der Waals surface area (Å²) < 4.78 is 0. The second-order valence-corrected chi connectivity index (χ2v) is 3.75. The molecule has 2 rings (SSSR count). The molecule has 0 atom stereocenters. The van der Waals surface area contributed by atoms with Crippen molar-refractivity contribution in [2.75, 3.05) is 25.1 Å². The van der Waals surface area contributed by atoms with Crippen LogP contribution in [0, 0.1) is 0 Å². The Morgan fingerprint density at radius 3 is 3.25 bits per heavy atom. The predicted octanol–water partition coefficient (Wildman–Crippen LogP) is -0.701. The van der Waals surface area contributed by atoms with Gasteiger partial charge in [-0.25, -0.2) is 10.8 Å². The molecule has 0 radical (unpaired) electrons. The third-order valence-electron chi connectivity index (χ3n) is 2.50. The molecule has 0 saturated carbocycles. The number of nitrogens with two attached hydrogens (primary N) is 1. The molecule has 1 aromatic rings. The minimum Gasteiger partial charge on any atom is -0.354 e. The van der Waals surface area contributed by atoms with Gasteiger partial charge in [-0.05, 0) is 17.7 Å². The molecule has 1 aliphatic heterocycles. The summed E-state index contributed by atoms with van der Waals surface area (Å²) in [5.74, 6) is 6.00. The van der Waals surface area contributed by atoms with Crippen LogP contribution in [0.1, 0.15) is 5.56 Å². The van der Waals surface area contributed by atoms with Crippen LogP contribution >= 0.6 is 0 Å². The van der Waals surface area contributed by atoms with E-state index < -0.39 is 0 Å². The van der Waals surface area contributed by atoms with Gasteiger partial charge in [0, 0.05) is 25.8 Å². The molecular weight excluding hydrogens is 206 g/mol. The molecule has 1 fully saturated rings. The van der Waals surface area contributed by atoms with Gasteiger partial charge in [-0.1, -0.05) is 0 Å². The smallest absolute Gasteiger partial charge is 0.234 e. The van der Waals surface area contributed by atoms with E-state index in [-0.39, 0.29) is 5.91 Å². The zero-order valence-electron chi connectivity index (χ0n) is 8.94. The van der Waals surface area contributed by atoms with E-state index in [1.54, 1.807) is 6.20 Å². The standard InChI is InChI=1S/C10H15N5O/c11-14-9-5-8(1-2-12-9)6-15-4-3-13-10(16)7-15/h1-2,5H,3-4,6-7,11H2,(H,12,14)(H,13,16). The lowest BCUT2D eigenvalue weighted by Gasteiger charge is -2.26. The highest BCUT2D eigenvalue weighted by Gasteiger charge is 2.15. The Hall–Kier alpha value is -1.66. The minimum atomic E-state index is 0.0810. The number of carbonyl (C=O) groups is 1. The Labute approximate surface area is 93.8 Å². The van der Waals surface area contributed by atoms with Gasteiger partial charge >= 0.3 is 0 Å². The Morgan fingerprint density at radius 1 is 1.62 bits per heavy atom. The lowest BCUT2D eigenvalue weighted by Crippen LogP contribution is -2.47. The van der Waals surface area contributed by atoms with Crippen LogP contribution < -0.4 is 16.6 Å². The number of amides is 1. The summed E-state index contributed by atoms with van der Waals surface area (Å²) in [6.07, 6.45) is 1.70. The van der Waals surface area contributed by atoms with Gasteiger partial charge in [0.2, 0.25) is 5.91 Å².